The number of nitrogens with one attached hydrogen (secondary N) is 1. The first kappa shape index (κ1) is 22.3. The molecule has 3 nitrogen and oxygen atoms in total. The van der Waals surface area contributed by atoms with Crippen LogP contribution in [0.2, 0.25) is 0 Å². The van der Waals surface area contributed by atoms with Crippen molar-refractivity contribution in [3.05, 3.63) is 58.6 Å². The Morgan fingerprint density at radius 3 is 2.70 bits per heavy atom. The maximum Gasteiger partial charge on any atom is 0.416 e. The minimum Gasteiger partial charge on any atom is -0.351 e. The lowest BCUT2D eigenvalue weighted by molar-refractivity contribution is -0.137. The number of allylic oxidation sites excluding steroid dienone is 2. The number of thiazole rings is 1. The van der Waals surface area contributed by atoms with Crippen LogP contribution in [0.5, 0.6) is 0 Å². The van der Waals surface area contributed by atoms with Gasteiger partial charge in [0, 0.05) is 11.8 Å². The highest BCUT2D eigenvalue weighted by molar-refractivity contribution is 7.13. The molecule has 0 atom stereocenters. The largest absolute Gasteiger partial charge is 0.416 e. The summed E-state index contributed by atoms with van der Waals surface area (Å²) in [7, 11) is 0. The van der Waals surface area contributed by atoms with E-state index in [2.05, 4.69) is 16.9 Å². The number of amidine groups is 1. The molecule has 0 aliphatic heterocycles. The summed E-state index contributed by atoms with van der Waals surface area (Å²) in [6, 6.07) is 5.63. The van der Waals surface area contributed by atoms with Crippen LogP contribution in [0.25, 0.3) is 16.8 Å². The molecule has 0 bridgehead atoms. The summed E-state index contributed by atoms with van der Waals surface area (Å²) in [5.74, 6) is 0.851. The molecular formula is C23H26F3N3S. The third kappa shape index (κ3) is 5.81. The van der Waals surface area contributed by atoms with E-state index < -0.39 is 11.7 Å². The number of rotatable bonds is 5. The van der Waals surface area contributed by atoms with Gasteiger partial charge in [-0.25, -0.2) is 4.98 Å². The van der Waals surface area contributed by atoms with Crippen LogP contribution in [0.1, 0.15) is 54.5 Å². The number of hydrogen-bond donors (Lipinski definition) is 1. The van der Waals surface area contributed by atoms with Crippen molar-refractivity contribution in [2.45, 2.75) is 58.2 Å². The smallest absolute Gasteiger partial charge is 0.351 e. The zero-order valence-electron chi connectivity index (χ0n) is 17.2. The van der Waals surface area contributed by atoms with Crippen molar-refractivity contribution in [1.29, 1.82) is 0 Å². The average Bonchev–Trinajstić information content (AvgIpc) is 3.10. The first-order valence-electron chi connectivity index (χ1n) is 10.1. The molecule has 1 aromatic heterocycles. The molecule has 0 saturated heterocycles. The van der Waals surface area contributed by atoms with Crippen LogP contribution in [-0.4, -0.2) is 16.9 Å². The number of halogens is 3. The van der Waals surface area contributed by atoms with Crippen LogP contribution in [0, 0.1) is 6.92 Å². The van der Waals surface area contributed by atoms with E-state index in [1.54, 1.807) is 12.3 Å². The molecule has 1 heterocycles. The predicted molar refractivity (Wildman–Crippen MR) is 119 cm³/mol. The van der Waals surface area contributed by atoms with Crippen LogP contribution < -0.4 is 5.32 Å². The van der Waals surface area contributed by atoms with Gasteiger partial charge in [0.25, 0.3) is 0 Å². The molecule has 1 aromatic carbocycles. The quantitative estimate of drug-likeness (QED) is 0.313. The van der Waals surface area contributed by atoms with Gasteiger partial charge in [-0.05, 0) is 50.5 Å². The third-order valence-corrected chi connectivity index (χ3v) is 6.06. The molecule has 1 saturated carbocycles. The van der Waals surface area contributed by atoms with E-state index in [1.807, 2.05) is 19.9 Å². The zero-order valence-corrected chi connectivity index (χ0v) is 18.0. The molecule has 160 valence electrons. The van der Waals surface area contributed by atoms with Crippen molar-refractivity contribution < 1.29 is 13.2 Å². The summed E-state index contributed by atoms with van der Waals surface area (Å²) >= 11 is 1.42. The SMILES string of the molecule is C=C(/C=C\NC(C)=NC1CCCCC1)c1sc(C)nc1-c1cccc(C(F)(F)F)c1. The molecule has 1 fully saturated rings. The minimum atomic E-state index is -4.39. The molecule has 1 N–H and O–H groups in total. The summed E-state index contributed by atoms with van der Waals surface area (Å²) in [4.78, 5) is 9.93. The summed E-state index contributed by atoms with van der Waals surface area (Å²) in [5, 5.41) is 3.94. The average molecular weight is 434 g/mol. The van der Waals surface area contributed by atoms with Gasteiger partial charge in [0.15, 0.2) is 0 Å². The fraction of sp³-hybridized carbons (Fsp3) is 0.391. The van der Waals surface area contributed by atoms with Crippen molar-refractivity contribution in [2.24, 2.45) is 4.99 Å². The van der Waals surface area contributed by atoms with Crippen LogP contribution in [0.15, 0.2) is 48.1 Å². The second kappa shape index (κ2) is 9.60. The predicted octanol–water partition coefficient (Wildman–Crippen LogP) is 7.00. The molecule has 1 aliphatic rings. The van der Waals surface area contributed by atoms with Crippen LogP contribution in [0.4, 0.5) is 13.2 Å². The fourth-order valence-corrected chi connectivity index (χ4v) is 4.43. The van der Waals surface area contributed by atoms with Gasteiger partial charge in [0.05, 0.1) is 33.0 Å². The highest BCUT2D eigenvalue weighted by Gasteiger charge is 2.30. The monoisotopic (exact) mass is 433 g/mol. The standard InChI is InChI=1S/C23H26F3N3S/c1-15(12-13-27-16(2)28-20-10-5-4-6-11-20)22-21(29-17(3)30-22)18-8-7-9-19(14-18)23(24,25)26/h7-9,12-14,20H,1,4-6,10-11H2,2-3H3,(H,27,28)/b13-12-. The van der Waals surface area contributed by atoms with Gasteiger partial charge in [-0.3, -0.25) is 4.99 Å². The first-order valence-corrected chi connectivity index (χ1v) is 10.9. The van der Waals surface area contributed by atoms with Crippen molar-refractivity contribution in [3.8, 4) is 11.3 Å². The minimum absolute atomic E-state index is 0.388. The maximum absolute atomic E-state index is 13.1. The van der Waals surface area contributed by atoms with Crippen molar-refractivity contribution in [2.75, 3.05) is 0 Å². The first-order chi connectivity index (χ1) is 14.2. The topological polar surface area (TPSA) is 37.3 Å². The number of aromatic nitrogens is 1. The Labute approximate surface area is 179 Å². The summed E-state index contributed by atoms with van der Waals surface area (Å²) in [6.07, 6.45) is 5.22. The molecule has 0 spiro atoms. The van der Waals surface area contributed by atoms with E-state index in [4.69, 9.17) is 4.99 Å². The van der Waals surface area contributed by atoms with Gasteiger partial charge < -0.3 is 5.32 Å². The molecule has 0 radical (unpaired) electrons. The van der Waals surface area contributed by atoms with E-state index in [0.717, 1.165) is 40.7 Å². The molecule has 0 amide bonds. The molecule has 2 aromatic rings. The lowest BCUT2D eigenvalue weighted by Crippen LogP contribution is -2.18. The Morgan fingerprint density at radius 1 is 1.27 bits per heavy atom. The summed E-state index contributed by atoms with van der Waals surface area (Å²) in [6.45, 7) is 7.86. The molecular weight excluding hydrogens is 407 g/mol. The van der Waals surface area contributed by atoms with Crippen LogP contribution in [0.3, 0.4) is 0 Å². The Hall–Kier alpha value is -2.41. The fourth-order valence-electron chi connectivity index (χ4n) is 3.54. The van der Waals surface area contributed by atoms with E-state index >= 15 is 0 Å². The molecule has 7 heteroatoms. The number of benzene rings is 1. The lowest BCUT2D eigenvalue weighted by atomic mass is 9.96. The van der Waals surface area contributed by atoms with E-state index in [0.29, 0.717) is 22.9 Å². The van der Waals surface area contributed by atoms with E-state index in [-0.39, 0.29) is 0 Å². The highest BCUT2D eigenvalue weighted by atomic mass is 32.1. The molecule has 3 rings (SSSR count). The summed E-state index contributed by atoms with van der Waals surface area (Å²) in [5.41, 5.74) is 0.951. The molecule has 1 aliphatic carbocycles. The van der Waals surface area contributed by atoms with Gasteiger partial charge >= 0.3 is 6.18 Å². The Morgan fingerprint density at radius 2 is 2.00 bits per heavy atom. The van der Waals surface area contributed by atoms with Crippen molar-refractivity contribution >= 4 is 22.7 Å². The van der Waals surface area contributed by atoms with Crippen LogP contribution in [-0.2, 0) is 6.18 Å². The maximum atomic E-state index is 13.1. The zero-order chi connectivity index (χ0) is 21.7. The van der Waals surface area contributed by atoms with E-state index in [9.17, 15) is 13.2 Å². The van der Waals surface area contributed by atoms with Crippen LogP contribution >= 0.6 is 11.3 Å². The number of aryl methyl sites for hydroxylation is 1. The normalized spacial score (nSPS) is 16.2. The third-order valence-electron chi connectivity index (χ3n) is 5.02. The second-order valence-electron chi connectivity index (χ2n) is 7.50. The van der Waals surface area contributed by atoms with Gasteiger partial charge in [-0.15, -0.1) is 11.3 Å². The Bertz CT molecular complexity index is 951. The highest BCUT2D eigenvalue weighted by Crippen LogP contribution is 2.36. The van der Waals surface area contributed by atoms with Gasteiger partial charge in [-0.1, -0.05) is 38.0 Å². The lowest BCUT2D eigenvalue weighted by Gasteiger charge is -2.18. The summed E-state index contributed by atoms with van der Waals surface area (Å²) < 4.78 is 39.3. The number of alkyl halides is 3. The van der Waals surface area contributed by atoms with Gasteiger partial charge in [0.1, 0.15) is 0 Å². The van der Waals surface area contributed by atoms with E-state index in [1.165, 1.54) is 36.7 Å². The van der Waals surface area contributed by atoms with Crippen molar-refractivity contribution in [1.82, 2.24) is 10.3 Å². The van der Waals surface area contributed by atoms with Gasteiger partial charge in [-0.2, -0.15) is 13.2 Å². The second-order valence-corrected chi connectivity index (χ2v) is 8.70. The molecule has 30 heavy (non-hydrogen) atoms. The Kier molecular flexibility index (Phi) is 7.13. The Balaban J connectivity index is 1.74. The number of aliphatic imine (C=N–C) groups is 1. The van der Waals surface area contributed by atoms with Gasteiger partial charge in [0.2, 0.25) is 0 Å². The van der Waals surface area contributed by atoms with Crippen molar-refractivity contribution in [3.63, 3.8) is 0 Å². The number of nitrogens with zero attached hydrogens (tertiary/aromatic N) is 2. The molecule has 0 unspecified atom stereocenters. The number of hydrogen-bond acceptors (Lipinski definition) is 3.